The Kier molecular flexibility index (Phi) is 4.42. The Labute approximate surface area is 126 Å². The van der Waals surface area contributed by atoms with Gasteiger partial charge in [0.15, 0.2) is 0 Å². The SMILES string of the molecule is Cc1ccc(Nc2ncnc(Cl)c2C(C)C)c(Br)c1. The van der Waals surface area contributed by atoms with Crippen LogP contribution in [0.1, 0.15) is 30.9 Å². The van der Waals surface area contributed by atoms with Crippen LogP contribution in [0, 0.1) is 6.92 Å². The first kappa shape index (κ1) is 14.3. The summed E-state index contributed by atoms with van der Waals surface area (Å²) in [5.74, 6) is 1.000. The van der Waals surface area contributed by atoms with Crippen molar-refractivity contribution in [2.24, 2.45) is 0 Å². The molecular weight excluding hydrogens is 326 g/mol. The lowest BCUT2D eigenvalue weighted by molar-refractivity contribution is 0.850. The van der Waals surface area contributed by atoms with Gasteiger partial charge in [0.05, 0.1) is 5.69 Å². The molecule has 1 aromatic carbocycles. The first-order valence-corrected chi connectivity index (χ1v) is 7.19. The summed E-state index contributed by atoms with van der Waals surface area (Å²) < 4.78 is 0.997. The predicted molar refractivity (Wildman–Crippen MR) is 83.3 cm³/mol. The molecule has 2 rings (SSSR count). The topological polar surface area (TPSA) is 37.8 Å². The van der Waals surface area contributed by atoms with Crippen molar-refractivity contribution in [3.8, 4) is 0 Å². The lowest BCUT2D eigenvalue weighted by atomic mass is 10.1. The van der Waals surface area contributed by atoms with Crippen molar-refractivity contribution >= 4 is 39.0 Å². The Bertz CT molecular complexity index is 599. The van der Waals surface area contributed by atoms with E-state index >= 15 is 0 Å². The lowest BCUT2D eigenvalue weighted by Crippen LogP contribution is -2.03. The molecule has 0 aliphatic heterocycles. The summed E-state index contributed by atoms with van der Waals surface area (Å²) in [4.78, 5) is 8.33. The van der Waals surface area contributed by atoms with E-state index in [2.05, 4.69) is 58.1 Å². The van der Waals surface area contributed by atoms with Gasteiger partial charge in [0, 0.05) is 10.0 Å². The first-order chi connectivity index (χ1) is 8.99. The highest BCUT2D eigenvalue weighted by Crippen LogP contribution is 2.32. The van der Waals surface area contributed by atoms with E-state index in [-0.39, 0.29) is 5.92 Å². The van der Waals surface area contributed by atoms with E-state index in [1.165, 1.54) is 11.9 Å². The van der Waals surface area contributed by atoms with Gasteiger partial charge in [0.2, 0.25) is 0 Å². The number of benzene rings is 1. The van der Waals surface area contributed by atoms with Gasteiger partial charge in [-0.1, -0.05) is 31.5 Å². The van der Waals surface area contributed by atoms with Crippen LogP contribution in [0.4, 0.5) is 11.5 Å². The summed E-state index contributed by atoms with van der Waals surface area (Å²) in [6, 6.07) is 6.12. The maximum atomic E-state index is 6.15. The molecule has 0 saturated carbocycles. The molecule has 3 nitrogen and oxygen atoms in total. The van der Waals surface area contributed by atoms with Crippen LogP contribution in [-0.4, -0.2) is 9.97 Å². The van der Waals surface area contributed by atoms with Crippen molar-refractivity contribution in [1.82, 2.24) is 9.97 Å². The Morgan fingerprint density at radius 1 is 1.26 bits per heavy atom. The lowest BCUT2D eigenvalue weighted by Gasteiger charge is -2.15. The number of nitrogens with zero attached hydrogens (tertiary/aromatic N) is 2. The number of hydrogen-bond donors (Lipinski definition) is 1. The van der Waals surface area contributed by atoms with E-state index < -0.39 is 0 Å². The maximum absolute atomic E-state index is 6.15. The quantitative estimate of drug-likeness (QED) is 0.793. The van der Waals surface area contributed by atoms with Crippen molar-refractivity contribution < 1.29 is 0 Å². The smallest absolute Gasteiger partial charge is 0.138 e. The first-order valence-electron chi connectivity index (χ1n) is 6.02. The summed E-state index contributed by atoms with van der Waals surface area (Å²) in [7, 11) is 0. The van der Waals surface area contributed by atoms with Crippen molar-refractivity contribution in [3.63, 3.8) is 0 Å². The zero-order chi connectivity index (χ0) is 14.0. The second-order valence-electron chi connectivity index (χ2n) is 4.69. The maximum Gasteiger partial charge on any atom is 0.138 e. The molecule has 0 fully saturated rings. The molecule has 100 valence electrons. The van der Waals surface area contributed by atoms with Crippen LogP contribution in [0.25, 0.3) is 0 Å². The Morgan fingerprint density at radius 3 is 2.63 bits per heavy atom. The zero-order valence-corrected chi connectivity index (χ0v) is 13.4. The van der Waals surface area contributed by atoms with E-state index in [0.29, 0.717) is 5.15 Å². The monoisotopic (exact) mass is 339 g/mol. The summed E-state index contributed by atoms with van der Waals surface area (Å²) in [6.45, 7) is 6.19. The average Bonchev–Trinajstić information content (AvgIpc) is 2.32. The van der Waals surface area contributed by atoms with Gasteiger partial charge in [0.1, 0.15) is 17.3 Å². The molecule has 5 heteroatoms. The molecule has 0 radical (unpaired) electrons. The minimum Gasteiger partial charge on any atom is -0.339 e. The van der Waals surface area contributed by atoms with E-state index in [0.717, 1.165) is 21.5 Å². The van der Waals surface area contributed by atoms with Gasteiger partial charge >= 0.3 is 0 Å². The van der Waals surface area contributed by atoms with Crippen molar-refractivity contribution in [2.45, 2.75) is 26.7 Å². The summed E-state index contributed by atoms with van der Waals surface area (Å²) in [6.07, 6.45) is 1.47. The number of nitrogens with one attached hydrogen (secondary N) is 1. The molecule has 2 aromatic rings. The number of aromatic nitrogens is 2. The molecule has 1 heterocycles. The molecule has 1 N–H and O–H groups in total. The minimum atomic E-state index is 0.250. The van der Waals surface area contributed by atoms with Gasteiger partial charge < -0.3 is 5.32 Å². The zero-order valence-electron chi connectivity index (χ0n) is 11.0. The van der Waals surface area contributed by atoms with Crippen LogP contribution in [0.3, 0.4) is 0 Å². The molecule has 1 aromatic heterocycles. The molecule has 0 aliphatic rings. The highest BCUT2D eigenvalue weighted by molar-refractivity contribution is 9.10. The van der Waals surface area contributed by atoms with E-state index in [1.54, 1.807) is 0 Å². The molecule has 0 bridgehead atoms. The van der Waals surface area contributed by atoms with Crippen molar-refractivity contribution in [3.05, 3.63) is 45.3 Å². The van der Waals surface area contributed by atoms with Crippen LogP contribution in [0.2, 0.25) is 5.15 Å². The predicted octanol–water partition coefficient (Wildman–Crippen LogP) is 5.07. The molecule has 0 aliphatic carbocycles. The van der Waals surface area contributed by atoms with Gasteiger partial charge in [-0.25, -0.2) is 9.97 Å². The molecule has 19 heavy (non-hydrogen) atoms. The highest BCUT2D eigenvalue weighted by Gasteiger charge is 2.14. The van der Waals surface area contributed by atoms with Gasteiger partial charge in [-0.2, -0.15) is 0 Å². The third kappa shape index (κ3) is 3.25. The molecule has 0 atom stereocenters. The summed E-state index contributed by atoms with van der Waals surface area (Å²) >= 11 is 9.70. The van der Waals surface area contributed by atoms with Gasteiger partial charge in [-0.3, -0.25) is 0 Å². The highest BCUT2D eigenvalue weighted by atomic mass is 79.9. The molecule has 0 saturated heterocycles. The van der Waals surface area contributed by atoms with Gasteiger partial charge in [0.25, 0.3) is 0 Å². The van der Waals surface area contributed by atoms with Crippen LogP contribution >= 0.6 is 27.5 Å². The number of hydrogen-bond acceptors (Lipinski definition) is 3. The van der Waals surface area contributed by atoms with Gasteiger partial charge in [-0.05, 0) is 46.5 Å². The van der Waals surface area contributed by atoms with Crippen molar-refractivity contribution in [2.75, 3.05) is 5.32 Å². The van der Waals surface area contributed by atoms with E-state index in [4.69, 9.17) is 11.6 Å². The summed E-state index contributed by atoms with van der Waals surface area (Å²) in [5.41, 5.74) is 3.08. The third-order valence-corrected chi connectivity index (χ3v) is 3.75. The fraction of sp³-hybridized carbons (Fsp3) is 0.286. The molecule has 0 unspecified atom stereocenters. The fourth-order valence-corrected chi connectivity index (χ4v) is 2.78. The number of rotatable bonds is 3. The van der Waals surface area contributed by atoms with Crippen LogP contribution in [0.15, 0.2) is 29.0 Å². The number of aryl methyl sites for hydroxylation is 1. The van der Waals surface area contributed by atoms with Gasteiger partial charge in [-0.15, -0.1) is 0 Å². The van der Waals surface area contributed by atoms with Crippen LogP contribution < -0.4 is 5.32 Å². The molecular formula is C14H15BrClN3. The van der Waals surface area contributed by atoms with Crippen molar-refractivity contribution in [1.29, 1.82) is 0 Å². The Morgan fingerprint density at radius 2 is 2.00 bits per heavy atom. The number of halogens is 2. The van der Waals surface area contributed by atoms with E-state index in [9.17, 15) is 0 Å². The average molecular weight is 341 g/mol. The normalized spacial score (nSPS) is 10.8. The Hall–Kier alpha value is -1.13. The third-order valence-electron chi connectivity index (χ3n) is 2.79. The fourth-order valence-electron chi connectivity index (χ4n) is 1.83. The minimum absolute atomic E-state index is 0.250. The Balaban J connectivity index is 2.41. The second-order valence-corrected chi connectivity index (χ2v) is 5.90. The molecule has 0 amide bonds. The molecule has 0 spiro atoms. The standard InChI is InChI=1S/C14H15BrClN3/c1-8(2)12-13(16)17-7-18-14(12)19-11-5-4-9(3)6-10(11)15/h4-8H,1-3H3,(H,17,18,19). The second kappa shape index (κ2) is 5.88. The van der Waals surface area contributed by atoms with Crippen LogP contribution in [0.5, 0.6) is 0 Å². The van der Waals surface area contributed by atoms with E-state index in [1.807, 2.05) is 12.1 Å². The number of anilines is 2. The van der Waals surface area contributed by atoms with Crippen LogP contribution in [-0.2, 0) is 0 Å². The summed E-state index contributed by atoms with van der Waals surface area (Å²) in [5, 5.41) is 3.80. The largest absolute Gasteiger partial charge is 0.339 e.